The van der Waals surface area contributed by atoms with Crippen molar-refractivity contribution in [3.8, 4) is 0 Å². The van der Waals surface area contributed by atoms with Gasteiger partial charge in [0.1, 0.15) is 16.4 Å². The largest absolute Gasteiger partial charge is 0.275 e. The number of nitrogens with one attached hydrogen (secondary N) is 1. The Morgan fingerprint density at radius 3 is 2.88 bits per heavy atom. The van der Waals surface area contributed by atoms with E-state index in [0.29, 0.717) is 9.92 Å². The molecular formula is C12H8FN3S. The molecule has 0 saturated heterocycles. The first kappa shape index (κ1) is 10.3. The Bertz CT molecular complexity index is 665. The van der Waals surface area contributed by atoms with Gasteiger partial charge < -0.3 is 0 Å². The smallest absolute Gasteiger partial charge is 0.149 e. The van der Waals surface area contributed by atoms with Gasteiger partial charge >= 0.3 is 0 Å². The summed E-state index contributed by atoms with van der Waals surface area (Å²) in [7, 11) is 0. The molecule has 0 spiro atoms. The lowest BCUT2D eigenvalue weighted by molar-refractivity contribution is 0.602. The number of benzene rings is 1. The van der Waals surface area contributed by atoms with Crippen molar-refractivity contribution in [3.05, 3.63) is 48.4 Å². The molecule has 5 heteroatoms. The van der Waals surface area contributed by atoms with Crippen molar-refractivity contribution >= 4 is 22.8 Å². The third-order valence-corrected chi connectivity index (χ3v) is 3.36. The maximum Gasteiger partial charge on any atom is 0.149 e. The molecule has 1 N–H and O–H groups in total. The molecule has 0 aliphatic heterocycles. The van der Waals surface area contributed by atoms with Crippen LogP contribution in [0.2, 0.25) is 0 Å². The van der Waals surface area contributed by atoms with Crippen LogP contribution in [0.25, 0.3) is 11.0 Å². The summed E-state index contributed by atoms with van der Waals surface area (Å²) in [5, 5.41) is 7.70. The quantitative estimate of drug-likeness (QED) is 0.753. The van der Waals surface area contributed by atoms with Gasteiger partial charge in [0.05, 0.1) is 5.52 Å². The first-order valence-electron chi connectivity index (χ1n) is 5.06. The van der Waals surface area contributed by atoms with Crippen LogP contribution in [0.1, 0.15) is 0 Å². The third kappa shape index (κ3) is 1.89. The number of aromatic nitrogens is 3. The minimum absolute atomic E-state index is 0.246. The fourth-order valence-corrected chi connectivity index (χ4v) is 2.40. The zero-order valence-corrected chi connectivity index (χ0v) is 9.54. The average Bonchev–Trinajstić information content (AvgIpc) is 2.76. The molecule has 1 aromatic carbocycles. The topological polar surface area (TPSA) is 41.6 Å². The van der Waals surface area contributed by atoms with Crippen LogP contribution >= 0.6 is 11.8 Å². The number of hydrogen-bond acceptors (Lipinski definition) is 3. The van der Waals surface area contributed by atoms with Crippen LogP contribution < -0.4 is 0 Å². The van der Waals surface area contributed by atoms with Crippen LogP contribution in [-0.2, 0) is 0 Å². The molecule has 3 rings (SSSR count). The summed E-state index contributed by atoms with van der Waals surface area (Å²) in [5.74, 6) is -0.246. The van der Waals surface area contributed by atoms with Crippen molar-refractivity contribution in [2.75, 3.05) is 0 Å². The van der Waals surface area contributed by atoms with E-state index >= 15 is 0 Å². The molecule has 2 aromatic heterocycles. The zero-order chi connectivity index (χ0) is 11.7. The Hall–Kier alpha value is -1.88. The van der Waals surface area contributed by atoms with Crippen molar-refractivity contribution in [2.45, 2.75) is 9.92 Å². The average molecular weight is 245 g/mol. The molecule has 0 bridgehead atoms. The molecule has 17 heavy (non-hydrogen) atoms. The van der Waals surface area contributed by atoms with Crippen molar-refractivity contribution in [1.82, 2.24) is 15.2 Å². The second kappa shape index (κ2) is 4.18. The van der Waals surface area contributed by atoms with Crippen molar-refractivity contribution in [1.29, 1.82) is 0 Å². The molecule has 0 aliphatic rings. The fraction of sp³-hybridized carbons (Fsp3) is 0. The van der Waals surface area contributed by atoms with Crippen molar-refractivity contribution in [3.63, 3.8) is 0 Å². The Balaban J connectivity index is 2.03. The SMILES string of the molecule is Fc1ccccc1Sc1n[nH]c2cccnc12. The van der Waals surface area contributed by atoms with E-state index in [0.717, 1.165) is 11.0 Å². The van der Waals surface area contributed by atoms with Crippen LogP contribution in [0.15, 0.2) is 52.5 Å². The van der Waals surface area contributed by atoms with Gasteiger partial charge in [-0.15, -0.1) is 0 Å². The molecule has 3 aromatic rings. The second-order valence-corrected chi connectivity index (χ2v) is 4.49. The second-order valence-electron chi connectivity index (χ2n) is 3.46. The van der Waals surface area contributed by atoms with Crippen molar-refractivity contribution < 1.29 is 4.39 Å². The molecular weight excluding hydrogens is 237 g/mol. The molecule has 0 unspecified atom stereocenters. The van der Waals surface area contributed by atoms with Crippen LogP contribution in [0.4, 0.5) is 4.39 Å². The Morgan fingerprint density at radius 1 is 1.12 bits per heavy atom. The minimum atomic E-state index is -0.246. The molecule has 0 amide bonds. The molecule has 0 aliphatic carbocycles. The zero-order valence-electron chi connectivity index (χ0n) is 8.72. The summed E-state index contributed by atoms with van der Waals surface area (Å²) >= 11 is 1.27. The lowest BCUT2D eigenvalue weighted by Crippen LogP contribution is -1.81. The minimum Gasteiger partial charge on any atom is -0.275 e. The molecule has 0 fully saturated rings. The summed E-state index contributed by atoms with van der Waals surface area (Å²) in [4.78, 5) is 4.78. The highest BCUT2D eigenvalue weighted by atomic mass is 32.2. The van der Waals surface area contributed by atoms with Gasteiger partial charge in [-0.1, -0.05) is 23.9 Å². The van der Waals surface area contributed by atoms with E-state index in [1.54, 1.807) is 24.4 Å². The number of aromatic amines is 1. The van der Waals surface area contributed by atoms with Crippen LogP contribution in [0, 0.1) is 5.82 Å². The number of halogens is 1. The maximum atomic E-state index is 13.5. The van der Waals surface area contributed by atoms with Gasteiger partial charge in [-0.2, -0.15) is 5.10 Å². The standard InChI is InChI=1S/C12H8FN3S/c13-8-4-1-2-6-10(8)17-12-11-9(15-16-12)5-3-7-14-11/h1-7H,(H,15,16). The highest BCUT2D eigenvalue weighted by Crippen LogP contribution is 2.31. The van der Waals surface area contributed by atoms with Crippen LogP contribution in [0.5, 0.6) is 0 Å². The summed E-state index contributed by atoms with van der Waals surface area (Å²) in [6, 6.07) is 10.3. The van der Waals surface area contributed by atoms with Gasteiger partial charge in [-0.05, 0) is 24.3 Å². The normalized spacial score (nSPS) is 10.9. The van der Waals surface area contributed by atoms with E-state index in [2.05, 4.69) is 15.2 Å². The third-order valence-electron chi connectivity index (χ3n) is 2.33. The number of nitrogens with zero attached hydrogens (tertiary/aromatic N) is 2. The van der Waals surface area contributed by atoms with E-state index < -0.39 is 0 Å². The fourth-order valence-electron chi connectivity index (χ4n) is 1.53. The Morgan fingerprint density at radius 2 is 2.00 bits per heavy atom. The monoisotopic (exact) mass is 245 g/mol. The summed E-state index contributed by atoms with van der Waals surface area (Å²) in [5.41, 5.74) is 1.62. The lowest BCUT2D eigenvalue weighted by atomic mass is 10.3. The molecule has 3 nitrogen and oxygen atoms in total. The highest BCUT2D eigenvalue weighted by Gasteiger charge is 2.10. The molecule has 0 saturated carbocycles. The van der Waals surface area contributed by atoms with Gasteiger partial charge in [-0.3, -0.25) is 10.1 Å². The first-order chi connectivity index (χ1) is 8.34. The summed E-state index contributed by atoms with van der Waals surface area (Å²) in [6.45, 7) is 0. The van der Waals surface area contributed by atoms with Gasteiger partial charge in [0, 0.05) is 11.1 Å². The summed E-state index contributed by atoms with van der Waals surface area (Å²) < 4.78 is 13.5. The van der Waals surface area contributed by atoms with Gasteiger partial charge in [0.2, 0.25) is 0 Å². The van der Waals surface area contributed by atoms with E-state index in [-0.39, 0.29) is 5.82 Å². The van der Waals surface area contributed by atoms with Crippen LogP contribution in [0.3, 0.4) is 0 Å². The van der Waals surface area contributed by atoms with Gasteiger partial charge in [0.25, 0.3) is 0 Å². The molecule has 0 radical (unpaired) electrons. The molecule has 2 heterocycles. The number of fused-ring (bicyclic) bond motifs is 1. The predicted octanol–water partition coefficient (Wildman–Crippen LogP) is 3.25. The van der Waals surface area contributed by atoms with Gasteiger partial charge in [-0.25, -0.2) is 4.39 Å². The van der Waals surface area contributed by atoms with Crippen LogP contribution in [-0.4, -0.2) is 15.2 Å². The van der Waals surface area contributed by atoms with E-state index in [9.17, 15) is 4.39 Å². The number of pyridine rings is 1. The van der Waals surface area contributed by atoms with Gasteiger partial charge in [0.15, 0.2) is 0 Å². The molecule has 0 atom stereocenters. The van der Waals surface area contributed by atoms with Crippen molar-refractivity contribution in [2.24, 2.45) is 0 Å². The van der Waals surface area contributed by atoms with E-state index in [4.69, 9.17) is 0 Å². The predicted molar refractivity (Wildman–Crippen MR) is 64.4 cm³/mol. The summed E-state index contributed by atoms with van der Waals surface area (Å²) in [6.07, 6.45) is 1.70. The Kier molecular flexibility index (Phi) is 2.53. The first-order valence-corrected chi connectivity index (χ1v) is 5.88. The maximum absolute atomic E-state index is 13.5. The van der Waals surface area contributed by atoms with E-state index in [1.165, 1.54) is 17.8 Å². The van der Waals surface area contributed by atoms with E-state index in [1.807, 2.05) is 12.1 Å². The number of hydrogen-bond donors (Lipinski definition) is 1. The highest BCUT2D eigenvalue weighted by molar-refractivity contribution is 7.99. The number of rotatable bonds is 2. The Labute approximate surface area is 101 Å². The number of H-pyrrole nitrogens is 1. The lowest BCUT2D eigenvalue weighted by Gasteiger charge is -1.99. The molecule has 84 valence electrons.